The van der Waals surface area contributed by atoms with Gasteiger partial charge >= 0.3 is 12.2 Å². The number of ether oxygens (including phenoxy) is 2. The number of carbonyl (C=O) groups excluding carboxylic acids is 3. The van der Waals surface area contributed by atoms with Crippen molar-refractivity contribution in [3.8, 4) is 22.3 Å². The molecule has 9 nitrogen and oxygen atoms in total. The Kier molecular flexibility index (Phi) is 9.85. The second-order valence-electron chi connectivity index (χ2n) is 13.4. The summed E-state index contributed by atoms with van der Waals surface area (Å²) >= 11 is 0. The Morgan fingerprint density at radius 2 is 1.24 bits per heavy atom. The van der Waals surface area contributed by atoms with Crippen LogP contribution in [0, 0.1) is 5.92 Å². The van der Waals surface area contributed by atoms with Gasteiger partial charge in [0.25, 0.3) is 0 Å². The summed E-state index contributed by atoms with van der Waals surface area (Å²) in [5.41, 5.74) is 8.12. The fourth-order valence-electron chi connectivity index (χ4n) is 8.18. The maximum atomic E-state index is 14.2. The number of hydrogen-bond donors (Lipinski definition) is 3. The zero-order valence-electron chi connectivity index (χ0n) is 28.2. The molecule has 0 aliphatic heterocycles. The van der Waals surface area contributed by atoms with Crippen LogP contribution in [0.4, 0.5) is 9.59 Å². The Bertz CT molecular complexity index is 1780. The smallest absolute Gasteiger partial charge is 0.412 e. The summed E-state index contributed by atoms with van der Waals surface area (Å²) < 4.78 is 11.1. The Morgan fingerprint density at radius 1 is 0.740 bits per heavy atom. The van der Waals surface area contributed by atoms with Crippen LogP contribution in [0.2, 0.25) is 0 Å². The third-order valence-electron chi connectivity index (χ3n) is 10.5. The first-order chi connectivity index (χ1) is 24.5. The quantitative estimate of drug-likeness (QED) is 0.154. The van der Waals surface area contributed by atoms with Gasteiger partial charge in [0.2, 0.25) is 5.91 Å². The molecule has 1 fully saturated rings. The number of aliphatic hydroxyl groups excluding tert-OH is 1. The van der Waals surface area contributed by atoms with Crippen molar-refractivity contribution in [2.45, 2.75) is 62.7 Å². The third kappa shape index (κ3) is 6.45. The summed E-state index contributed by atoms with van der Waals surface area (Å²) in [7, 11) is 1.28. The van der Waals surface area contributed by atoms with Crippen LogP contribution < -0.4 is 10.6 Å². The second-order valence-corrected chi connectivity index (χ2v) is 13.4. The number of hydrogen-bond acceptors (Lipinski definition) is 6. The van der Waals surface area contributed by atoms with E-state index in [1.54, 1.807) is 0 Å². The SMILES string of the molecule is COC(=O)N(C(CO)NC(=O)[C@H](CC1CCCCC1)NC(=O)OCC1c2ccccc2-c2ccccc21)C1c2ccccc2-c2ccccc21. The number of benzene rings is 4. The van der Waals surface area contributed by atoms with Crippen LogP contribution >= 0.6 is 0 Å². The average molecular weight is 674 g/mol. The van der Waals surface area contributed by atoms with E-state index in [0.717, 1.165) is 76.6 Å². The number of methoxy groups -OCH3 is 1. The van der Waals surface area contributed by atoms with E-state index in [0.29, 0.717) is 6.42 Å². The summed E-state index contributed by atoms with van der Waals surface area (Å²) in [6, 6.07) is 30.3. The van der Waals surface area contributed by atoms with Gasteiger partial charge in [-0.3, -0.25) is 9.69 Å². The van der Waals surface area contributed by atoms with Gasteiger partial charge in [-0.1, -0.05) is 129 Å². The van der Waals surface area contributed by atoms with Gasteiger partial charge in [-0.15, -0.1) is 0 Å². The number of amides is 3. The van der Waals surface area contributed by atoms with Crippen molar-refractivity contribution in [1.82, 2.24) is 15.5 Å². The molecule has 9 heteroatoms. The molecule has 0 radical (unpaired) electrons. The normalized spacial score (nSPS) is 16.3. The Hall–Kier alpha value is -5.15. The topological polar surface area (TPSA) is 117 Å². The molecular formula is C41H43N3O6. The van der Waals surface area contributed by atoms with Gasteiger partial charge in [-0.25, -0.2) is 9.59 Å². The molecule has 7 rings (SSSR count). The van der Waals surface area contributed by atoms with Crippen LogP contribution in [0.3, 0.4) is 0 Å². The van der Waals surface area contributed by atoms with E-state index in [-0.39, 0.29) is 18.4 Å². The van der Waals surface area contributed by atoms with Crippen molar-refractivity contribution < 1.29 is 29.0 Å². The molecule has 3 amide bonds. The van der Waals surface area contributed by atoms with Crippen molar-refractivity contribution in [3.63, 3.8) is 0 Å². The van der Waals surface area contributed by atoms with Crippen LogP contribution in [0.15, 0.2) is 97.1 Å². The molecule has 1 unspecified atom stereocenters. The molecule has 50 heavy (non-hydrogen) atoms. The largest absolute Gasteiger partial charge is 0.453 e. The number of aliphatic hydroxyl groups is 1. The first kappa shape index (κ1) is 33.4. The van der Waals surface area contributed by atoms with E-state index >= 15 is 0 Å². The van der Waals surface area contributed by atoms with Gasteiger partial charge in [0, 0.05) is 5.92 Å². The highest BCUT2D eigenvalue weighted by Crippen LogP contribution is 2.47. The van der Waals surface area contributed by atoms with Crippen LogP contribution in [0.1, 0.15) is 72.7 Å². The first-order valence-corrected chi connectivity index (χ1v) is 17.6. The van der Waals surface area contributed by atoms with E-state index in [1.165, 1.54) is 12.0 Å². The molecule has 0 saturated heterocycles. The molecule has 258 valence electrons. The lowest BCUT2D eigenvalue weighted by Gasteiger charge is -2.36. The Balaban J connectivity index is 1.11. The maximum absolute atomic E-state index is 14.2. The number of carbonyl (C=O) groups is 3. The lowest BCUT2D eigenvalue weighted by molar-refractivity contribution is -0.126. The monoisotopic (exact) mass is 673 g/mol. The van der Waals surface area contributed by atoms with E-state index in [9.17, 15) is 19.5 Å². The highest BCUT2D eigenvalue weighted by atomic mass is 16.6. The Labute approximate surface area is 292 Å². The van der Waals surface area contributed by atoms with Crippen molar-refractivity contribution in [1.29, 1.82) is 0 Å². The average Bonchev–Trinajstić information content (AvgIpc) is 3.66. The van der Waals surface area contributed by atoms with Crippen molar-refractivity contribution in [3.05, 3.63) is 119 Å². The van der Waals surface area contributed by atoms with Crippen molar-refractivity contribution in [2.75, 3.05) is 20.3 Å². The van der Waals surface area contributed by atoms with E-state index in [1.807, 2.05) is 72.8 Å². The molecule has 3 aliphatic rings. The minimum atomic E-state index is -1.14. The van der Waals surface area contributed by atoms with Gasteiger partial charge in [-0.2, -0.15) is 0 Å². The van der Waals surface area contributed by atoms with E-state index in [4.69, 9.17) is 9.47 Å². The van der Waals surface area contributed by atoms with Crippen molar-refractivity contribution >= 4 is 18.1 Å². The minimum Gasteiger partial charge on any atom is -0.453 e. The lowest BCUT2D eigenvalue weighted by Crippen LogP contribution is -2.58. The van der Waals surface area contributed by atoms with E-state index in [2.05, 4.69) is 34.9 Å². The molecule has 0 spiro atoms. The standard InChI is InChI=1S/C41H43N3O6/c1-49-41(48)44(38-33-21-11-9-17-29(33)30-18-10-12-22-34(30)38)37(24-45)43-39(46)36(23-26-13-3-2-4-14-26)42-40(47)50-25-35-31-19-7-5-15-27(31)28-16-6-8-20-32(28)35/h5-12,15-22,26,35-38,45H,2-4,13-14,23-25H2,1H3,(H,42,47)(H,43,46)/t36-,37?/m0/s1. The molecule has 4 aromatic rings. The fourth-order valence-corrected chi connectivity index (χ4v) is 8.18. The molecule has 3 N–H and O–H groups in total. The molecular weight excluding hydrogens is 630 g/mol. The predicted octanol–water partition coefficient (Wildman–Crippen LogP) is 7.14. The molecule has 1 saturated carbocycles. The summed E-state index contributed by atoms with van der Waals surface area (Å²) in [6.45, 7) is -0.448. The number of nitrogens with zero attached hydrogens (tertiary/aromatic N) is 1. The predicted molar refractivity (Wildman–Crippen MR) is 190 cm³/mol. The molecule has 0 bridgehead atoms. The number of alkyl carbamates (subject to hydrolysis) is 1. The summed E-state index contributed by atoms with van der Waals surface area (Å²) in [5.74, 6) is -0.383. The van der Waals surface area contributed by atoms with Gasteiger partial charge in [0.15, 0.2) is 0 Å². The van der Waals surface area contributed by atoms with E-state index < -0.39 is 42.9 Å². The molecule has 2 atom stereocenters. The first-order valence-electron chi connectivity index (χ1n) is 17.6. The highest BCUT2D eigenvalue weighted by Gasteiger charge is 2.41. The van der Waals surface area contributed by atoms with Gasteiger partial charge in [-0.05, 0) is 56.8 Å². The van der Waals surface area contributed by atoms with Crippen LogP contribution in [0.5, 0.6) is 0 Å². The summed E-state index contributed by atoms with van der Waals surface area (Å²) in [5, 5.41) is 16.5. The molecule has 3 aliphatic carbocycles. The Morgan fingerprint density at radius 3 is 1.76 bits per heavy atom. The van der Waals surface area contributed by atoms with Gasteiger partial charge < -0.3 is 25.2 Å². The molecule has 0 aromatic heterocycles. The zero-order chi connectivity index (χ0) is 34.6. The van der Waals surface area contributed by atoms with Crippen LogP contribution in [-0.2, 0) is 14.3 Å². The molecule has 0 heterocycles. The van der Waals surface area contributed by atoms with Crippen molar-refractivity contribution in [2.24, 2.45) is 5.92 Å². The number of rotatable bonds is 10. The summed E-state index contributed by atoms with van der Waals surface area (Å²) in [4.78, 5) is 42.5. The fraction of sp³-hybridized carbons (Fsp3) is 0.341. The molecule has 4 aromatic carbocycles. The van der Waals surface area contributed by atoms with Crippen LogP contribution in [-0.4, -0.2) is 60.6 Å². The number of nitrogens with one attached hydrogen (secondary N) is 2. The zero-order valence-corrected chi connectivity index (χ0v) is 28.2. The number of fused-ring (bicyclic) bond motifs is 6. The lowest BCUT2D eigenvalue weighted by atomic mass is 9.84. The summed E-state index contributed by atoms with van der Waals surface area (Å²) in [6.07, 6.45) is 3.10. The minimum absolute atomic E-state index is 0.119. The van der Waals surface area contributed by atoms with Gasteiger partial charge in [0.05, 0.1) is 19.8 Å². The maximum Gasteiger partial charge on any atom is 0.412 e. The van der Waals surface area contributed by atoms with Gasteiger partial charge in [0.1, 0.15) is 18.8 Å². The van der Waals surface area contributed by atoms with Crippen LogP contribution in [0.25, 0.3) is 22.3 Å². The second kappa shape index (κ2) is 14.8. The third-order valence-corrected chi connectivity index (χ3v) is 10.5. The highest BCUT2D eigenvalue weighted by molar-refractivity contribution is 5.87.